The molecule has 0 amide bonds. The number of halogens is 1. The van der Waals surface area contributed by atoms with Crippen LogP contribution in [-0.2, 0) is 4.74 Å². The van der Waals surface area contributed by atoms with Crippen LogP contribution in [0, 0.1) is 0 Å². The van der Waals surface area contributed by atoms with Gasteiger partial charge in [0, 0.05) is 24.7 Å². The van der Waals surface area contributed by atoms with Gasteiger partial charge in [-0.15, -0.1) is 0 Å². The zero-order valence-corrected chi connectivity index (χ0v) is 11.5. The van der Waals surface area contributed by atoms with Crippen molar-refractivity contribution in [2.45, 2.75) is 0 Å². The molecule has 2 rings (SSSR count). The Morgan fingerprint density at radius 2 is 2.11 bits per heavy atom. The molecule has 0 radical (unpaired) electrons. The van der Waals surface area contributed by atoms with Crippen molar-refractivity contribution >= 4 is 34.2 Å². The van der Waals surface area contributed by atoms with Crippen LogP contribution in [0.5, 0.6) is 5.75 Å². The van der Waals surface area contributed by atoms with Gasteiger partial charge >= 0.3 is 5.97 Å². The molecule has 1 aromatic heterocycles. The van der Waals surface area contributed by atoms with Crippen molar-refractivity contribution in [1.82, 2.24) is 4.98 Å². The summed E-state index contributed by atoms with van der Waals surface area (Å²) in [4.78, 5) is 15.9. The van der Waals surface area contributed by atoms with Crippen LogP contribution in [0.4, 0.5) is 5.69 Å². The Balaban J connectivity index is 2.75. The molecule has 1 heterocycles. The molecule has 0 aliphatic carbocycles. The molecule has 1 aromatic carbocycles. The Morgan fingerprint density at radius 3 is 2.68 bits per heavy atom. The lowest BCUT2D eigenvalue weighted by Crippen LogP contribution is -2.07. The molecule has 19 heavy (non-hydrogen) atoms. The molecule has 100 valence electrons. The van der Waals surface area contributed by atoms with Crippen LogP contribution >= 0.6 is 11.6 Å². The second-order valence-corrected chi connectivity index (χ2v) is 4.20. The van der Waals surface area contributed by atoms with Gasteiger partial charge in [0.2, 0.25) is 0 Å². The molecule has 1 N–H and O–H groups in total. The number of aromatic nitrogens is 1. The first-order valence-corrected chi connectivity index (χ1v) is 5.92. The third-order valence-corrected chi connectivity index (χ3v) is 3.09. The lowest BCUT2D eigenvalue weighted by Gasteiger charge is -2.12. The molecule has 0 saturated heterocycles. The number of carbonyl (C=O) groups excluding carboxylic acids is 1. The number of hydrogen-bond acceptors (Lipinski definition) is 5. The molecule has 0 bridgehead atoms. The Hall–Kier alpha value is -2.01. The van der Waals surface area contributed by atoms with Crippen molar-refractivity contribution in [3.63, 3.8) is 0 Å². The van der Waals surface area contributed by atoms with E-state index < -0.39 is 5.97 Å². The second-order valence-electron chi connectivity index (χ2n) is 3.79. The van der Waals surface area contributed by atoms with Crippen molar-refractivity contribution in [3.05, 3.63) is 28.9 Å². The number of ether oxygens (including phenoxy) is 2. The number of hydrogen-bond donors (Lipinski definition) is 1. The van der Waals surface area contributed by atoms with Gasteiger partial charge in [0.25, 0.3) is 0 Å². The van der Waals surface area contributed by atoms with Gasteiger partial charge in [-0.1, -0.05) is 11.6 Å². The average Bonchev–Trinajstić information content (AvgIpc) is 2.44. The molecular formula is C13H13ClN2O3. The number of anilines is 1. The van der Waals surface area contributed by atoms with Crippen molar-refractivity contribution < 1.29 is 14.3 Å². The quantitative estimate of drug-likeness (QED) is 0.876. The molecule has 0 saturated carbocycles. The van der Waals surface area contributed by atoms with Gasteiger partial charge in [-0.25, -0.2) is 4.79 Å². The van der Waals surface area contributed by atoms with Crippen LogP contribution in [0.15, 0.2) is 18.3 Å². The summed E-state index contributed by atoms with van der Waals surface area (Å²) in [5.41, 5.74) is 1.67. The average molecular weight is 281 g/mol. The minimum Gasteiger partial charge on any atom is -0.495 e. The Morgan fingerprint density at radius 1 is 1.37 bits per heavy atom. The number of esters is 1. The number of nitrogens with one attached hydrogen (secondary N) is 1. The molecule has 2 aromatic rings. The number of rotatable bonds is 3. The largest absolute Gasteiger partial charge is 0.495 e. The first kappa shape index (κ1) is 13.4. The van der Waals surface area contributed by atoms with E-state index in [-0.39, 0.29) is 0 Å². The van der Waals surface area contributed by atoms with E-state index in [1.165, 1.54) is 20.4 Å². The van der Waals surface area contributed by atoms with E-state index in [0.29, 0.717) is 27.5 Å². The number of pyridine rings is 1. The maximum atomic E-state index is 11.7. The second kappa shape index (κ2) is 5.32. The molecule has 0 atom stereocenters. The van der Waals surface area contributed by atoms with Crippen molar-refractivity contribution in [2.75, 3.05) is 26.6 Å². The molecular weight excluding hydrogens is 268 g/mol. The lowest BCUT2D eigenvalue weighted by molar-refractivity contribution is 0.0601. The van der Waals surface area contributed by atoms with Crippen LogP contribution in [0.2, 0.25) is 5.02 Å². The number of methoxy groups -OCH3 is 2. The maximum Gasteiger partial charge on any atom is 0.341 e. The fourth-order valence-corrected chi connectivity index (χ4v) is 2.12. The molecule has 0 aliphatic heterocycles. The first-order chi connectivity index (χ1) is 9.12. The van der Waals surface area contributed by atoms with Crippen molar-refractivity contribution in [2.24, 2.45) is 0 Å². The van der Waals surface area contributed by atoms with Gasteiger partial charge in [-0.2, -0.15) is 0 Å². The zero-order valence-electron chi connectivity index (χ0n) is 10.8. The topological polar surface area (TPSA) is 60.5 Å². The van der Waals surface area contributed by atoms with E-state index in [9.17, 15) is 4.79 Å². The third-order valence-electron chi connectivity index (χ3n) is 2.80. The summed E-state index contributed by atoms with van der Waals surface area (Å²) in [6, 6.07) is 3.43. The fraction of sp³-hybridized carbons (Fsp3) is 0.231. The molecule has 0 unspecified atom stereocenters. The van der Waals surface area contributed by atoms with E-state index in [1.54, 1.807) is 19.2 Å². The highest BCUT2D eigenvalue weighted by molar-refractivity contribution is 6.33. The summed E-state index contributed by atoms with van der Waals surface area (Å²) in [6.45, 7) is 0. The third kappa shape index (κ3) is 2.29. The standard InChI is InChI=1S/C13H13ClN2O3/c1-15-12-7-4-9(14)11(18-2)5-10(7)16-6-8(12)13(17)19-3/h4-6H,1-3H3,(H,15,16). The SMILES string of the molecule is CNc1c(C(=O)OC)cnc2cc(OC)c(Cl)cc12. The van der Waals surface area contributed by atoms with E-state index in [2.05, 4.69) is 10.3 Å². The fourth-order valence-electron chi connectivity index (χ4n) is 1.88. The van der Waals surface area contributed by atoms with Gasteiger partial charge in [0.05, 0.1) is 30.4 Å². The van der Waals surface area contributed by atoms with Gasteiger partial charge in [-0.3, -0.25) is 4.98 Å². The van der Waals surface area contributed by atoms with Gasteiger partial charge in [0.1, 0.15) is 11.3 Å². The van der Waals surface area contributed by atoms with Crippen LogP contribution in [-0.4, -0.2) is 32.2 Å². The van der Waals surface area contributed by atoms with E-state index >= 15 is 0 Å². The monoisotopic (exact) mass is 280 g/mol. The van der Waals surface area contributed by atoms with Gasteiger partial charge in [0.15, 0.2) is 0 Å². The summed E-state index contributed by atoms with van der Waals surface area (Å²) < 4.78 is 9.87. The van der Waals surface area contributed by atoms with Gasteiger partial charge in [-0.05, 0) is 6.07 Å². The molecule has 6 heteroatoms. The van der Waals surface area contributed by atoms with Crippen molar-refractivity contribution in [1.29, 1.82) is 0 Å². The summed E-state index contributed by atoms with van der Waals surface area (Å²) in [7, 11) is 4.58. The predicted octanol–water partition coefficient (Wildman–Crippen LogP) is 2.73. The van der Waals surface area contributed by atoms with Crippen LogP contribution < -0.4 is 10.1 Å². The van der Waals surface area contributed by atoms with Gasteiger partial charge < -0.3 is 14.8 Å². The number of fused-ring (bicyclic) bond motifs is 1. The lowest BCUT2D eigenvalue weighted by atomic mass is 10.1. The zero-order chi connectivity index (χ0) is 14.0. The number of carbonyl (C=O) groups is 1. The molecule has 0 fully saturated rings. The minimum atomic E-state index is -0.453. The van der Waals surface area contributed by atoms with Crippen LogP contribution in [0.1, 0.15) is 10.4 Å². The predicted molar refractivity (Wildman–Crippen MR) is 74.2 cm³/mol. The summed E-state index contributed by atoms with van der Waals surface area (Å²) in [6.07, 6.45) is 1.47. The van der Waals surface area contributed by atoms with Crippen molar-refractivity contribution in [3.8, 4) is 5.75 Å². The Bertz CT molecular complexity index is 643. The van der Waals surface area contributed by atoms with E-state index in [4.69, 9.17) is 21.1 Å². The normalized spacial score (nSPS) is 10.3. The summed E-state index contributed by atoms with van der Waals surface area (Å²) in [5, 5.41) is 4.16. The highest BCUT2D eigenvalue weighted by atomic mass is 35.5. The van der Waals surface area contributed by atoms with Crippen LogP contribution in [0.3, 0.4) is 0 Å². The Labute approximate surface area is 115 Å². The van der Waals surface area contributed by atoms with E-state index in [1.807, 2.05) is 0 Å². The molecule has 0 aliphatic rings. The summed E-state index contributed by atoms with van der Waals surface area (Å²) >= 11 is 6.10. The molecule has 5 nitrogen and oxygen atoms in total. The highest BCUT2D eigenvalue weighted by Crippen LogP contribution is 2.34. The smallest absolute Gasteiger partial charge is 0.341 e. The molecule has 0 spiro atoms. The van der Waals surface area contributed by atoms with Crippen LogP contribution in [0.25, 0.3) is 10.9 Å². The first-order valence-electron chi connectivity index (χ1n) is 5.54. The maximum absolute atomic E-state index is 11.7. The minimum absolute atomic E-state index is 0.360. The number of benzene rings is 1. The number of nitrogens with zero attached hydrogens (tertiary/aromatic N) is 1. The summed E-state index contributed by atoms with van der Waals surface area (Å²) in [5.74, 6) is 0.0835. The highest BCUT2D eigenvalue weighted by Gasteiger charge is 2.16. The van der Waals surface area contributed by atoms with E-state index in [0.717, 1.165) is 5.39 Å². The Kier molecular flexibility index (Phi) is 3.76.